The Kier molecular flexibility index (Phi) is 5.47. The van der Waals surface area contributed by atoms with Gasteiger partial charge in [0.1, 0.15) is 22.8 Å². The highest BCUT2D eigenvalue weighted by Gasteiger charge is 2.31. The predicted molar refractivity (Wildman–Crippen MR) is 121 cm³/mol. The van der Waals surface area contributed by atoms with Crippen molar-refractivity contribution in [2.45, 2.75) is 26.8 Å². The Hall–Kier alpha value is -3.50. The number of fused-ring (bicyclic) bond motifs is 1. The molecule has 0 aliphatic carbocycles. The number of nitrogens with zero attached hydrogens (tertiary/aromatic N) is 4. The summed E-state index contributed by atoms with van der Waals surface area (Å²) >= 11 is 7.66. The summed E-state index contributed by atoms with van der Waals surface area (Å²) in [5.74, 6) is 0.399. The number of nitrogens with one attached hydrogen (secondary N) is 1. The van der Waals surface area contributed by atoms with Gasteiger partial charge in [-0.05, 0) is 19.9 Å². The lowest BCUT2D eigenvalue weighted by Crippen LogP contribution is -2.35. The van der Waals surface area contributed by atoms with Gasteiger partial charge < -0.3 is 13.9 Å². The van der Waals surface area contributed by atoms with Gasteiger partial charge in [0, 0.05) is 29.5 Å². The van der Waals surface area contributed by atoms with Crippen molar-refractivity contribution >= 4 is 39.9 Å². The quantitative estimate of drug-likeness (QED) is 0.454. The van der Waals surface area contributed by atoms with E-state index >= 15 is 0 Å². The van der Waals surface area contributed by atoms with E-state index in [1.54, 1.807) is 36.9 Å². The standard InChI is InChI=1S/C22H18ClN5O4S/c1-11-9-16(26-31-11)20(29)25-22-24-15-7-8-28(10-17(15)33-22)21(30)18-12(2)32-27-19(18)13-5-3-4-6-14(13)23/h3-6,9H,7-8,10H2,1-2H3,(H,24,25,29). The minimum absolute atomic E-state index is 0.188. The van der Waals surface area contributed by atoms with Crippen molar-refractivity contribution in [1.82, 2.24) is 20.2 Å². The molecule has 11 heteroatoms. The first-order chi connectivity index (χ1) is 15.9. The van der Waals surface area contributed by atoms with E-state index in [-0.39, 0.29) is 11.6 Å². The monoisotopic (exact) mass is 483 g/mol. The van der Waals surface area contributed by atoms with Gasteiger partial charge in [-0.1, -0.05) is 51.5 Å². The number of amides is 2. The molecule has 4 heterocycles. The van der Waals surface area contributed by atoms with E-state index in [4.69, 9.17) is 20.6 Å². The lowest BCUT2D eigenvalue weighted by atomic mass is 10.0. The summed E-state index contributed by atoms with van der Waals surface area (Å²) < 4.78 is 10.3. The highest BCUT2D eigenvalue weighted by molar-refractivity contribution is 7.15. The van der Waals surface area contributed by atoms with Crippen LogP contribution in [0, 0.1) is 13.8 Å². The summed E-state index contributed by atoms with van der Waals surface area (Å²) in [6, 6.07) is 8.76. The van der Waals surface area contributed by atoms with Gasteiger partial charge in [-0.2, -0.15) is 0 Å². The fourth-order valence-corrected chi connectivity index (χ4v) is 4.92. The molecule has 2 amide bonds. The molecule has 5 rings (SSSR count). The second-order valence-corrected chi connectivity index (χ2v) is 9.08. The first kappa shape index (κ1) is 21.4. The molecule has 3 aromatic heterocycles. The van der Waals surface area contributed by atoms with E-state index in [0.717, 1.165) is 10.6 Å². The van der Waals surface area contributed by atoms with Gasteiger partial charge in [-0.15, -0.1) is 0 Å². The van der Waals surface area contributed by atoms with Crippen LogP contribution in [0.2, 0.25) is 5.02 Å². The van der Waals surface area contributed by atoms with Gasteiger partial charge in [0.25, 0.3) is 11.8 Å². The van der Waals surface area contributed by atoms with Crippen LogP contribution in [0.4, 0.5) is 5.13 Å². The molecule has 0 spiro atoms. The van der Waals surface area contributed by atoms with Crippen LogP contribution in [0.15, 0.2) is 39.4 Å². The molecule has 0 saturated carbocycles. The lowest BCUT2D eigenvalue weighted by molar-refractivity contribution is 0.0735. The van der Waals surface area contributed by atoms with Crippen molar-refractivity contribution in [1.29, 1.82) is 0 Å². The summed E-state index contributed by atoms with van der Waals surface area (Å²) in [5.41, 5.74) is 2.51. The molecule has 0 fully saturated rings. The van der Waals surface area contributed by atoms with E-state index in [9.17, 15) is 9.59 Å². The van der Waals surface area contributed by atoms with Gasteiger partial charge >= 0.3 is 0 Å². The maximum Gasteiger partial charge on any atom is 0.279 e. The lowest BCUT2D eigenvalue weighted by Gasteiger charge is -2.26. The molecule has 1 aliphatic heterocycles. The van der Waals surface area contributed by atoms with Crippen LogP contribution < -0.4 is 5.32 Å². The van der Waals surface area contributed by atoms with Gasteiger partial charge in [0.05, 0.1) is 17.3 Å². The van der Waals surface area contributed by atoms with Crippen LogP contribution in [0.5, 0.6) is 0 Å². The topological polar surface area (TPSA) is 114 Å². The Balaban J connectivity index is 1.36. The molecule has 0 saturated heterocycles. The third kappa shape index (κ3) is 4.03. The number of rotatable bonds is 4. The molecule has 4 aromatic rings. The van der Waals surface area contributed by atoms with Crippen LogP contribution in [0.3, 0.4) is 0 Å². The minimum atomic E-state index is -0.393. The Morgan fingerprint density at radius 2 is 2.00 bits per heavy atom. The summed E-state index contributed by atoms with van der Waals surface area (Å²) in [6.45, 7) is 4.28. The van der Waals surface area contributed by atoms with Crippen LogP contribution in [0.25, 0.3) is 11.3 Å². The van der Waals surface area contributed by atoms with Crippen LogP contribution in [-0.2, 0) is 13.0 Å². The zero-order chi connectivity index (χ0) is 23.1. The molecule has 0 bridgehead atoms. The fraction of sp³-hybridized carbons (Fsp3) is 0.227. The average Bonchev–Trinajstić information content (AvgIpc) is 3.51. The van der Waals surface area contributed by atoms with E-state index < -0.39 is 5.91 Å². The highest BCUT2D eigenvalue weighted by Crippen LogP contribution is 2.34. The summed E-state index contributed by atoms with van der Waals surface area (Å²) in [7, 11) is 0. The van der Waals surface area contributed by atoms with Crippen LogP contribution in [-0.4, -0.2) is 38.6 Å². The number of aryl methyl sites for hydroxylation is 2. The number of anilines is 1. The Bertz CT molecular complexity index is 1370. The van der Waals surface area contributed by atoms with Crippen LogP contribution >= 0.6 is 22.9 Å². The van der Waals surface area contributed by atoms with Gasteiger partial charge in [0.2, 0.25) is 0 Å². The van der Waals surface area contributed by atoms with Gasteiger partial charge in [-0.3, -0.25) is 14.9 Å². The van der Waals surface area contributed by atoms with Gasteiger partial charge in [-0.25, -0.2) is 4.98 Å². The van der Waals surface area contributed by atoms with E-state index in [0.29, 0.717) is 58.0 Å². The molecule has 33 heavy (non-hydrogen) atoms. The Labute approximate surface area is 197 Å². The van der Waals surface area contributed by atoms with Crippen molar-refractivity contribution in [2.75, 3.05) is 11.9 Å². The number of halogens is 1. The molecule has 0 unspecified atom stereocenters. The molecule has 0 atom stereocenters. The SMILES string of the molecule is Cc1cc(C(=O)Nc2nc3c(s2)CN(C(=O)c2c(-c4ccccc4Cl)noc2C)CC3)no1. The summed E-state index contributed by atoms with van der Waals surface area (Å²) in [4.78, 5) is 32.9. The number of hydrogen-bond acceptors (Lipinski definition) is 8. The zero-order valence-electron chi connectivity index (χ0n) is 17.7. The Morgan fingerprint density at radius 3 is 2.76 bits per heavy atom. The number of carbonyl (C=O) groups excluding carboxylic acids is 2. The van der Waals surface area contributed by atoms with Gasteiger partial charge in [0.15, 0.2) is 10.8 Å². The molecule has 1 aliphatic rings. The molecule has 168 valence electrons. The van der Waals surface area contributed by atoms with E-state index in [1.165, 1.54) is 11.3 Å². The zero-order valence-corrected chi connectivity index (χ0v) is 19.3. The van der Waals surface area contributed by atoms with Crippen molar-refractivity contribution in [3.05, 3.63) is 68.7 Å². The normalized spacial score (nSPS) is 13.1. The summed E-state index contributed by atoms with van der Waals surface area (Å²) in [5, 5.41) is 11.5. The van der Waals surface area contributed by atoms with Crippen molar-refractivity contribution in [3.63, 3.8) is 0 Å². The molecule has 0 radical (unpaired) electrons. The van der Waals surface area contributed by atoms with Crippen molar-refractivity contribution in [3.8, 4) is 11.3 Å². The number of benzene rings is 1. The van der Waals surface area contributed by atoms with Crippen molar-refractivity contribution in [2.24, 2.45) is 0 Å². The van der Waals surface area contributed by atoms with E-state index in [2.05, 4.69) is 20.6 Å². The number of hydrogen-bond donors (Lipinski definition) is 1. The third-order valence-electron chi connectivity index (χ3n) is 5.31. The predicted octanol–water partition coefficient (Wildman–Crippen LogP) is 4.51. The minimum Gasteiger partial charge on any atom is -0.361 e. The number of thiazole rings is 1. The average molecular weight is 484 g/mol. The first-order valence-corrected chi connectivity index (χ1v) is 11.3. The van der Waals surface area contributed by atoms with Crippen molar-refractivity contribution < 1.29 is 18.6 Å². The third-order valence-corrected chi connectivity index (χ3v) is 6.63. The highest BCUT2D eigenvalue weighted by atomic mass is 35.5. The number of carbonyl (C=O) groups is 2. The molecule has 9 nitrogen and oxygen atoms in total. The second-order valence-electron chi connectivity index (χ2n) is 7.58. The largest absolute Gasteiger partial charge is 0.361 e. The molecular weight excluding hydrogens is 466 g/mol. The fourth-order valence-electron chi connectivity index (χ4n) is 3.68. The smallest absolute Gasteiger partial charge is 0.279 e. The van der Waals surface area contributed by atoms with Crippen LogP contribution in [0.1, 0.15) is 42.9 Å². The molecule has 1 N–H and O–H groups in total. The maximum absolute atomic E-state index is 13.4. The summed E-state index contributed by atoms with van der Waals surface area (Å²) in [6.07, 6.45) is 0.572. The maximum atomic E-state index is 13.4. The Morgan fingerprint density at radius 1 is 1.18 bits per heavy atom. The number of aromatic nitrogens is 3. The first-order valence-electron chi connectivity index (χ1n) is 10.1. The van der Waals surface area contributed by atoms with E-state index in [1.807, 2.05) is 12.1 Å². The second kappa shape index (κ2) is 8.45. The molecular formula is C22H18ClN5O4S. The molecule has 1 aromatic carbocycles.